The van der Waals surface area contributed by atoms with Gasteiger partial charge in [-0.2, -0.15) is 0 Å². The minimum Gasteiger partial charge on any atom is -0.492 e. The summed E-state index contributed by atoms with van der Waals surface area (Å²) in [7, 11) is 0. The molecule has 0 aliphatic heterocycles. The number of ether oxygens (including phenoxy) is 2. The van der Waals surface area contributed by atoms with Crippen LogP contribution in [0.1, 0.15) is 23.0 Å². The summed E-state index contributed by atoms with van der Waals surface area (Å²) < 4.78 is 13.6. The predicted octanol–water partition coefficient (Wildman–Crippen LogP) is 3.81. The van der Waals surface area contributed by atoms with Crippen molar-refractivity contribution in [1.29, 1.82) is 0 Å². The fraction of sp³-hybridized carbons (Fsp3) is 0.312. The van der Waals surface area contributed by atoms with Gasteiger partial charge in [0.15, 0.2) is 0 Å². The SMILES string of the molecule is CCOC(=O)c1c(C)ccn1CCOc1ccc(Br)cc1. The number of nitrogens with zero attached hydrogens (tertiary/aromatic N) is 1. The second kappa shape index (κ2) is 7.31. The highest BCUT2D eigenvalue weighted by atomic mass is 79.9. The second-order valence-corrected chi connectivity index (χ2v) is 5.48. The Labute approximate surface area is 132 Å². The van der Waals surface area contributed by atoms with Crippen molar-refractivity contribution >= 4 is 21.9 Å². The van der Waals surface area contributed by atoms with Crippen LogP contribution in [0.4, 0.5) is 0 Å². The van der Waals surface area contributed by atoms with Crippen LogP contribution in [-0.4, -0.2) is 23.8 Å². The number of aryl methyl sites for hydroxylation is 1. The van der Waals surface area contributed by atoms with E-state index in [1.165, 1.54) is 0 Å². The van der Waals surface area contributed by atoms with Crippen molar-refractivity contribution in [3.05, 3.63) is 52.3 Å². The van der Waals surface area contributed by atoms with E-state index in [2.05, 4.69) is 15.9 Å². The zero-order chi connectivity index (χ0) is 15.2. The van der Waals surface area contributed by atoms with Crippen LogP contribution in [0, 0.1) is 6.92 Å². The molecule has 0 radical (unpaired) electrons. The Hall–Kier alpha value is -1.75. The van der Waals surface area contributed by atoms with Crippen molar-refractivity contribution in [3.63, 3.8) is 0 Å². The Morgan fingerprint density at radius 2 is 1.95 bits per heavy atom. The average Bonchev–Trinajstić information content (AvgIpc) is 2.82. The molecular weight excluding hydrogens is 334 g/mol. The third-order valence-corrected chi connectivity index (χ3v) is 3.58. The van der Waals surface area contributed by atoms with Gasteiger partial charge < -0.3 is 14.0 Å². The minimum absolute atomic E-state index is 0.288. The van der Waals surface area contributed by atoms with Crippen molar-refractivity contribution in [1.82, 2.24) is 4.57 Å². The average molecular weight is 352 g/mol. The van der Waals surface area contributed by atoms with Crippen LogP contribution in [-0.2, 0) is 11.3 Å². The molecule has 5 heteroatoms. The molecule has 0 atom stereocenters. The predicted molar refractivity (Wildman–Crippen MR) is 84.8 cm³/mol. The van der Waals surface area contributed by atoms with Crippen LogP contribution in [0.15, 0.2) is 41.0 Å². The fourth-order valence-electron chi connectivity index (χ4n) is 2.04. The molecule has 0 aliphatic rings. The van der Waals surface area contributed by atoms with Gasteiger partial charge in [-0.25, -0.2) is 4.79 Å². The molecule has 0 amide bonds. The lowest BCUT2D eigenvalue weighted by molar-refractivity contribution is 0.0512. The highest BCUT2D eigenvalue weighted by Gasteiger charge is 2.15. The molecule has 1 aromatic carbocycles. The number of halogens is 1. The third kappa shape index (κ3) is 4.11. The standard InChI is InChI=1S/C16H18BrNO3/c1-3-20-16(19)15-12(2)8-9-18(15)10-11-21-14-6-4-13(17)5-7-14/h4-9H,3,10-11H2,1-2H3. The van der Waals surface area contributed by atoms with Gasteiger partial charge in [0.1, 0.15) is 18.1 Å². The molecular formula is C16H18BrNO3. The van der Waals surface area contributed by atoms with Gasteiger partial charge in [0.05, 0.1) is 13.2 Å². The number of hydrogen-bond acceptors (Lipinski definition) is 3. The molecule has 0 saturated heterocycles. The molecule has 0 bridgehead atoms. The van der Waals surface area contributed by atoms with E-state index >= 15 is 0 Å². The van der Waals surface area contributed by atoms with Gasteiger partial charge in [-0.05, 0) is 49.7 Å². The number of hydrogen-bond donors (Lipinski definition) is 0. The van der Waals surface area contributed by atoms with Gasteiger partial charge in [0.2, 0.25) is 0 Å². The molecule has 0 aliphatic carbocycles. The summed E-state index contributed by atoms with van der Waals surface area (Å²) >= 11 is 3.38. The van der Waals surface area contributed by atoms with Gasteiger partial charge >= 0.3 is 5.97 Å². The second-order valence-electron chi connectivity index (χ2n) is 4.56. The zero-order valence-electron chi connectivity index (χ0n) is 12.1. The molecule has 0 saturated carbocycles. The number of carbonyl (C=O) groups excluding carboxylic acids is 1. The molecule has 1 aromatic heterocycles. The van der Waals surface area contributed by atoms with Gasteiger partial charge in [-0.3, -0.25) is 0 Å². The maximum atomic E-state index is 11.9. The van der Waals surface area contributed by atoms with E-state index in [1.807, 2.05) is 48.0 Å². The molecule has 112 valence electrons. The summed E-state index contributed by atoms with van der Waals surface area (Å²) in [5.41, 5.74) is 1.51. The highest BCUT2D eigenvalue weighted by molar-refractivity contribution is 9.10. The van der Waals surface area contributed by atoms with Gasteiger partial charge in [-0.1, -0.05) is 15.9 Å². The lowest BCUT2D eigenvalue weighted by Crippen LogP contribution is -2.16. The van der Waals surface area contributed by atoms with Crippen LogP contribution in [0.3, 0.4) is 0 Å². The first-order valence-corrected chi connectivity index (χ1v) is 7.62. The quantitative estimate of drug-likeness (QED) is 0.743. The van der Waals surface area contributed by atoms with Crippen LogP contribution in [0.2, 0.25) is 0 Å². The summed E-state index contributed by atoms with van der Waals surface area (Å²) in [6.45, 7) is 5.16. The van der Waals surface area contributed by atoms with Gasteiger partial charge in [-0.15, -0.1) is 0 Å². The first-order chi connectivity index (χ1) is 10.1. The maximum Gasteiger partial charge on any atom is 0.355 e. The molecule has 2 rings (SSSR count). The number of aromatic nitrogens is 1. The monoisotopic (exact) mass is 351 g/mol. The number of carbonyl (C=O) groups is 1. The number of rotatable bonds is 6. The third-order valence-electron chi connectivity index (χ3n) is 3.05. The lowest BCUT2D eigenvalue weighted by Gasteiger charge is -2.11. The molecule has 1 heterocycles. The van der Waals surface area contributed by atoms with Crippen molar-refractivity contribution in [2.45, 2.75) is 20.4 Å². The molecule has 0 fully saturated rings. The Morgan fingerprint density at radius 1 is 1.24 bits per heavy atom. The molecule has 21 heavy (non-hydrogen) atoms. The van der Waals surface area contributed by atoms with Crippen LogP contribution in [0.5, 0.6) is 5.75 Å². The van der Waals surface area contributed by atoms with E-state index in [1.54, 1.807) is 6.92 Å². The maximum absolute atomic E-state index is 11.9. The number of esters is 1. The Bertz CT molecular complexity index is 604. The first kappa shape index (κ1) is 15.6. The van der Waals surface area contributed by atoms with Crippen molar-refractivity contribution < 1.29 is 14.3 Å². The van der Waals surface area contributed by atoms with E-state index in [0.29, 0.717) is 25.5 Å². The van der Waals surface area contributed by atoms with Gasteiger partial charge in [0, 0.05) is 10.7 Å². The topological polar surface area (TPSA) is 40.5 Å². The van der Waals surface area contributed by atoms with Crippen LogP contribution < -0.4 is 4.74 Å². The highest BCUT2D eigenvalue weighted by Crippen LogP contribution is 2.16. The molecule has 2 aromatic rings. The largest absolute Gasteiger partial charge is 0.492 e. The van der Waals surface area contributed by atoms with Crippen molar-refractivity contribution in [2.75, 3.05) is 13.2 Å². The number of benzene rings is 1. The zero-order valence-corrected chi connectivity index (χ0v) is 13.7. The van der Waals surface area contributed by atoms with Crippen molar-refractivity contribution in [3.8, 4) is 5.75 Å². The van der Waals surface area contributed by atoms with E-state index in [9.17, 15) is 4.79 Å². The summed E-state index contributed by atoms with van der Waals surface area (Å²) in [6.07, 6.45) is 1.88. The molecule has 0 spiro atoms. The summed E-state index contributed by atoms with van der Waals surface area (Å²) in [5, 5.41) is 0. The normalized spacial score (nSPS) is 10.4. The van der Waals surface area contributed by atoms with Crippen LogP contribution >= 0.6 is 15.9 Å². The van der Waals surface area contributed by atoms with E-state index in [4.69, 9.17) is 9.47 Å². The molecule has 4 nitrogen and oxygen atoms in total. The smallest absolute Gasteiger partial charge is 0.355 e. The van der Waals surface area contributed by atoms with Crippen molar-refractivity contribution in [2.24, 2.45) is 0 Å². The molecule has 0 unspecified atom stereocenters. The molecule has 0 N–H and O–H groups in total. The summed E-state index contributed by atoms with van der Waals surface area (Å²) in [4.78, 5) is 11.9. The summed E-state index contributed by atoms with van der Waals surface area (Å²) in [5.74, 6) is 0.517. The van der Waals surface area contributed by atoms with Crippen LogP contribution in [0.25, 0.3) is 0 Å². The Balaban J connectivity index is 1.97. The lowest BCUT2D eigenvalue weighted by atomic mass is 10.3. The Kier molecular flexibility index (Phi) is 5.44. The summed E-state index contributed by atoms with van der Waals surface area (Å²) in [6, 6.07) is 9.57. The van der Waals surface area contributed by atoms with E-state index in [-0.39, 0.29) is 5.97 Å². The fourth-order valence-corrected chi connectivity index (χ4v) is 2.30. The van der Waals surface area contributed by atoms with Gasteiger partial charge in [0.25, 0.3) is 0 Å². The Morgan fingerprint density at radius 3 is 2.62 bits per heavy atom. The minimum atomic E-state index is -0.288. The van der Waals surface area contributed by atoms with E-state index < -0.39 is 0 Å². The van der Waals surface area contributed by atoms with E-state index in [0.717, 1.165) is 15.8 Å². The first-order valence-electron chi connectivity index (χ1n) is 6.83.